The molecule has 0 saturated heterocycles. The summed E-state index contributed by atoms with van der Waals surface area (Å²) in [5, 5.41) is 13.5. The molecule has 1 amide bonds. The van der Waals surface area contributed by atoms with Crippen molar-refractivity contribution in [2.24, 2.45) is 46.3 Å². The predicted octanol–water partition coefficient (Wildman–Crippen LogP) is 8.37. The lowest BCUT2D eigenvalue weighted by Crippen LogP contribution is -2.54. The van der Waals surface area contributed by atoms with Crippen molar-refractivity contribution in [2.75, 3.05) is 5.32 Å². The minimum Gasteiger partial charge on any atom is -0.457 e. The van der Waals surface area contributed by atoms with Crippen LogP contribution in [0, 0.1) is 46.3 Å². The maximum atomic E-state index is 13.0. The Balaban J connectivity index is 1.07. The number of amides is 1. The third-order valence-corrected chi connectivity index (χ3v) is 12.5. The second-order valence-corrected chi connectivity index (χ2v) is 14.5. The van der Waals surface area contributed by atoms with Crippen LogP contribution >= 0.6 is 0 Å². The number of ether oxygens (including phenoxy) is 1. The Labute approximate surface area is 235 Å². The first kappa shape index (κ1) is 27.1. The van der Waals surface area contributed by atoms with Gasteiger partial charge in [0.15, 0.2) is 0 Å². The fourth-order valence-electron chi connectivity index (χ4n) is 10.5. The third-order valence-electron chi connectivity index (χ3n) is 12.5. The maximum Gasteiger partial charge on any atom is 0.224 e. The molecule has 0 aromatic heterocycles. The van der Waals surface area contributed by atoms with Gasteiger partial charge in [0.25, 0.3) is 0 Å². The number of fused-ring (bicyclic) bond motifs is 6. The van der Waals surface area contributed by atoms with E-state index in [0.717, 1.165) is 65.5 Å². The summed E-state index contributed by atoms with van der Waals surface area (Å²) >= 11 is 0. The van der Waals surface area contributed by atoms with Gasteiger partial charge in [0.05, 0.1) is 6.10 Å². The van der Waals surface area contributed by atoms with E-state index in [0.29, 0.717) is 34.8 Å². The topological polar surface area (TPSA) is 58.6 Å². The summed E-state index contributed by atoms with van der Waals surface area (Å²) in [6.07, 6.45) is 14.7. The third kappa shape index (κ3) is 4.69. The van der Waals surface area contributed by atoms with Crippen molar-refractivity contribution in [3.63, 3.8) is 0 Å². The molecule has 4 heteroatoms. The van der Waals surface area contributed by atoms with E-state index in [2.05, 4.69) is 39.6 Å². The van der Waals surface area contributed by atoms with Crippen molar-refractivity contribution >= 4 is 17.2 Å². The van der Waals surface area contributed by atoms with Gasteiger partial charge in [0, 0.05) is 23.7 Å². The maximum absolute atomic E-state index is 13.0. The zero-order valence-corrected chi connectivity index (χ0v) is 24.6. The van der Waals surface area contributed by atoms with Gasteiger partial charge in [-0.15, -0.1) is 0 Å². The molecule has 1 aromatic rings. The van der Waals surface area contributed by atoms with Crippen LogP contribution in [0.15, 0.2) is 36.6 Å². The largest absolute Gasteiger partial charge is 0.457 e. The molecule has 4 saturated carbocycles. The fourth-order valence-corrected chi connectivity index (χ4v) is 10.5. The second kappa shape index (κ2) is 10.1. The number of hydrogen-bond acceptors (Lipinski definition) is 3. The van der Waals surface area contributed by atoms with Crippen molar-refractivity contribution < 1.29 is 14.6 Å². The van der Waals surface area contributed by atoms with E-state index in [-0.39, 0.29) is 12.0 Å². The van der Waals surface area contributed by atoms with Crippen LogP contribution in [0.5, 0.6) is 5.75 Å². The van der Waals surface area contributed by atoms with Crippen LogP contribution in [-0.2, 0) is 4.79 Å². The molecule has 5 aliphatic rings. The number of allylic oxidation sites excluding steroid dienone is 2. The van der Waals surface area contributed by atoms with Gasteiger partial charge in [-0.3, -0.25) is 4.79 Å². The fraction of sp³-hybridized carbons (Fsp3) is 0.686. The van der Waals surface area contributed by atoms with Gasteiger partial charge in [-0.1, -0.05) is 27.4 Å². The molecule has 4 nitrogen and oxygen atoms in total. The summed E-state index contributed by atoms with van der Waals surface area (Å²) in [6, 6.07) is 5.91. The molecular formula is C35H49NO3. The Morgan fingerprint density at radius 1 is 1.10 bits per heavy atom. The van der Waals surface area contributed by atoms with Crippen molar-refractivity contribution in [3.8, 4) is 5.75 Å². The number of aliphatic hydroxyl groups excluding tert-OH is 1. The van der Waals surface area contributed by atoms with Crippen LogP contribution in [0.4, 0.5) is 5.69 Å². The van der Waals surface area contributed by atoms with Gasteiger partial charge in [-0.2, -0.15) is 0 Å². The number of benzene rings is 1. The number of carbonyl (C=O) groups excluding carboxylic acids is 1. The van der Waals surface area contributed by atoms with Gasteiger partial charge in [0.2, 0.25) is 5.91 Å². The van der Waals surface area contributed by atoms with Crippen molar-refractivity contribution in [1.82, 2.24) is 0 Å². The van der Waals surface area contributed by atoms with E-state index >= 15 is 0 Å². The normalized spacial score (nSPS) is 39.8. The zero-order chi connectivity index (χ0) is 27.5. The predicted molar refractivity (Wildman–Crippen MR) is 158 cm³/mol. The first-order valence-corrected chi connectivity index (χ1v) is 15.8. The lowest BCUT2D eigenvalue weighted by molar-refractivity contribution is -0.129. The molecule has 1 heterocycles. The number of rotatable bonds is 5. The van der Waals surface area contributed by atoms with E-state index < -0.39 is 0 Å². The van der Waals surface area contributed by atoms with Crippen LogP contribution in [0.1, 0.15) is 104 Å². The second-order valence-electron chi connectivity index (χ2n) is 14.5. The zero-order valence-electron chi connectivity index (χ0n) is 24.6. The highest BCUT2D eigenvalue weighted by Gasteiger charge is 2.60. The smallest absolute Gasteiger partial charge is 0.224 e. The highest BCUT2D eigenvalue weighted by atomic mass is 16.5. The number of carbonyl (C=O) groups is 1. The molecule has 9 atom stereocenters. The molecule has 4 fully saturated rings. The molecule has 0 bridgehead atoms. The molecule has 212 valence electrons. The highest BCUT2D eigenvalue weighted by molar-refractivity contribution is 5.91. The summed E-state index contributed by atoms with van der Waals surface area (Å²) in [4.78, 5) is 13.0. The Morgan fingerprint density at radius 3 is 2.69 bits per heavy atom. The first-order chi connectivity index (χ1) is 18.6. The molecule has 4 aliphatic carbocycles. The van der Waals surface area contributed by atoms with E-state index in [1.807, 2.05) is 24.3 Å². The van der Waals surface area contributed by atoms with Crippen molar-refractivity contribution in [3.05, 3.63) is 42.2 Å². The monoisotopic (exact) mass is 531 g/mol. The molecule has 39 heavy (non-hydrogen) atoms. The van der Waals surface area contributed by atoms with Crippen molar-refractivity contribution in [2.45, 2.75) is 104 Å². The van der Waals surface area contributed by atoms with Gasteiger partial charge in [0.1, 0.15) is 11.5 Å². The average Bonchev–Trinajstić information content (AvgIpc) is 3.24. The molecule has 6 rings (SSSR count). The number of aliphatic hydroxyl groups is 1. The molecule has 0 radical (unpaired) electrons. The highest BCUT2D eigenvalue weighted by Crippen LogP contribution is 2.68. The van der Waals surface area contributed by atoms with Gasteiger partial charge >= 0.3 is 0 Å². The van der Waals surface area contributed by atoms with Gasteiger partial charge in [-0.05, 0) is 141 Å². The Hall–Kier alpha value is -2.07. The summed E-state index contributed by atoms with van der Waals surface area (Å²) in [6.45, 7) is 13.6. The van der Waals surface area contributed by atoms with Crippen LogP contribution < -0.4 is 10.1 Å². The minimum absolute atomic E-state index is 0.0654. The quantitative estimate of drug-likeness (QED) is 0.401. The van der Waals surface area contributed by atoms with E-state index in [1.54, 1.807) is 0 Å². The summed E-state index contributed by atoms with van der Waals surface area (Å²) in [5.74, 6) is 6.04. The minimum atomic E-state index is -0.0654. The average molecular weight is 532 g/mol. The van der Waals surface area contributed by atoms with E-state index in [9.17, 15) is 9.90 Å². The summed E-state index contributed by atoms with van der Waals surface area (Å²) in [5.41, 5.74) is 3.83. The number of anilines is 1. The first-order valence-electron chi connectivity index (χ1n) is 15.8. The molecule has 1 aliphatic heterocycles. The number of hydrogen-bond donors (Lipinski definition) is 2. The summed E-state index contributed by atoms with van der Waals surface area (Å²) in [7, 11) is 0. The lowest BCUT2D eigenvalue weighted by Gasteiger charge is -2.61. The standard InChI is InChI=1S/C35H49NO3/c1-21(6-13-33(38)36-25-8-10-27-22(2)18-23(3)39-32(27)20-25)29-11-12-30-28-9-7-24-19-26(37)14-16-34(24,4)31(28)15-17-35(29,30)5/h8,10,18,20-21,24,26,28-31,37H,3,6-7,9,11-17,19H2,1-2,4-5H3,(H,36,38). The molecule has 2 N–H and O–H groups in total. The SMILES string of the molecule is C=C1C=C(C)c2ccc(NC(=O)CCC(C)C3CCC4C5CCC6CC(O)CCC6(C)C5CCC34C)cc2O1. The van der Waals surface area contributed by atoms with Crippen LogP contribution in [0.3, 0.4) is 0 Å². The van der Waals surface area contributed by atoms with E-state index in [1.165, 1.54) is 44.9 Å². The Morgan fingerprint density at radius 2 is 1.87 bits per heavy atom. The Kier molecular flexibility index (Phi) is 7.01. The Bertz CT molecular complexity index is 1170. The van der Waals surface area contributed by atoms with E-state index in [4.69, 9.17) is 4.74 Å². The lowest BCUT2D eigenvalue weighted by atomic mass is 9.44. The number of nitrogens with one attached hydrogen (secondary N) is 1. The molecular weight excluding hydrogens is 482 g/mol. The summed E-state index contributed by atoms with van der Waals surface area (Å²) < 4.78 is 5.80. The van der Waals surface area contributed by atoms with Crippen LogP contribution in [0.2, 0.25) is 0 Å². The van der Waals surface area contributed by atoms with Crippen molar-refractivity contribution in [1.29, 1.82) is 0 Å². The molecule has 1 aromatic carbocycles. The molecule has 0 spiro atoms. The van der Waals surface area contributed by atoms with Crippen LogP contribution in [0.25, 0.3) is 5.57 Å². The van der Waals surface area contributed by atoms with Crippen LogP contribution in [-0.4, -0.2) is 17.1 Å². The molecule has 9 unspecified atom stereocenters. The van der Waals surface area contributed by atoms with Gasteiger partial charge in [-0.25, -0.2) is 0 Å². The van der Waals surface area contributed by atoms with Gasteiger partial charge < -0.3 is 15.2 Å².